The van der Waals surface area contributed by atoms with Crippen molar-refractivity contribution in [2.24, 2.45) is 0 Å². The average molecular weight is 258 g/mol. The minimum atomic E-state index is 0.476. The van der Waals surface area contributed by atoms with E-state index >= 15 is 0 Å². The average Bonchev–Trinajstić information content (AvgIpc) is 2.92. The largest absolute Gasteiger partial charge is 0.317 e. The lowest BCUT2D eigenvalue weighted by Crippen LogP contribution is -2.31. The first-order chi connectivity index (χ1) is 9.33. The number of nitrogens with zero attached hydrogens (tertiary/aromatic N) is 3. The number of benzene rings is 1. The highest BCUT2D eigenvalue weighted by Crippen LogP contribution is 2.06. The van der Waals surface area contributed by atoms with Crippen LogP contribution < -0.4 is 5.32 Å². The number of aromatic nitrogens is 3. The Bertz CT molecular complexity index is 478. The minimum Gasteiger partial charge on any atom is -0.317 e. The smallest absolute Gasteiger partial charge is 0.146 e. The van der Waals surface area contributed by atoms with Crippen LogP contribution in [0.15, 0.2) is 36.7 Å². The summed E-state index contributed by atoms with van der Waals surface area (Å²) in [6.45, 7) is 6.01. The lowest BCUT2D eigenvalue weighted by Gasteiger charge is -2.17. The maximum absolute atomic E-state index is 4.15. The monoisotopic (exact) mass is 258 g/mol. The molecule has 4 nitrogen and oxygen atoms in total. The standard InChI is InChI=1S/C15H22N4/c1-3-14(10-13-8-6-5-7-9-13)16-11-15-18-17-12-19(15)4-2/h5-9,12,14,16H,3-4,10-11H2,1-2H3. The molecule has 1 heterocycles. The molecule has 1 atom stereocenters. The van der Waals surface area contributed by atoms with Crippen molar-refractivity contribution >= 4 is 0 Å². The predicted molar refractivity (Wildman–Crippen MR) is 76.8 cm³/mol. The van der Waals surface area contributed by atoms with Crippen molar-refractivity contribution in [2.75, 3.05) is 0 Å². The zero-order chi connectivity index (χ0) is 13.5. The summed E-state index contributed by atoms with van der Waals surface area (Å²) in [5.74, 6) is 1.01. The van der Waals surface area contributed by atoms with E-state index in [1.54, 1.807) is 6.33 Å². The number of rotatable bonds is 7. The van der Waals surface area contributed by atoms with Crippen LogP contribution >= 0.6 is 0 Å². The Morgan fingerprint density at radius 1 is 1.21 bits per heavy atom. The molecule has 0 saturated heterocycles. The fourth-order valence-corrected chi connectivity index (χ4v) is 2.18. The van der Waals surface area contributed by atoms with Gasteiger partial charge in [0.2, 0.25) is 0 Å². The highest BCUT2D eigenvalue weighted by atomic mass is 15.3. The summed E-state index contributed by atoms with van der Waals surface area (Å²) in [6, 6.07) is 11.1. The van der Waals surface area contributed by atoms with Gasteiger partial charge in [-0.3, -0.25) is 0 Å². The van der Waals surface area contributed by atoms with Crippen molar-refractivity contribution in [3.63, 3.8) is 0 Å². The van der Waals surface area contributed by atoms with E-state index in [2.05, 4.69) is 64.3 Å². The van der Waals surface area contributed by atoms with E-state index in [-0.39, 0.29) is 0 Å². The lowest BCUT2D eigenvalue weighted by molar-refractivity contribution is 0.476. The Morgan fingerprint density at radius 3 is 2.68 bits per heavy atom. The molecule has 2 rings (SSSR count). The maximum atomic E-state index is 4.15. The summed E-state index contributed by atoms with van der Waals surface area (Å²) in [7, 11) is 0. The molecule has 4 heteroatoms. The highest BCUT2D eigenvalue weighted by Gasteiger charge is 2.09. The van der Waals surface area contributed by atoms with E-state index < -0.39 is 0 Å². The van der Waals surface area contributed by atoms with Crippen LogP contribution in [-0.2, 0) is 19.5 Å². The van der Waals surface area contributed by atoms with Crippen LogP contribution in [0, 0.1) is 0 Å². The second kappa shape index (κ2) is 7.04. The molecule has 0 aliphatic rings. The van der Waals surface area contributed by atoms with Gasteiger partial charge >= 0.3 is 0 Å². The second-order valence-electron chi connectivity index (χ2n) is 4.71. The third-order valence-electron chi connectivity index (χ3n) is 3.40. The third kappa shape index (κ3) is 3.89. The quantitative estimate of drug-likeness (QED) is 0.829. The first-order valence-electron chi connectivity index (χ1n) is 6.97. The highest BCUT2D eigenvalue weighted by molar-refractivity contribution is 5.15. The molecular weight excluding hydrogens is 236 g/mol. The van der Waals surface area contributed by atoms with Crippen LogP contribution in [0.2, 0.25) is 0 Å². The van der Waals surface area contributed by atoms with Crippen molar-refractivity contribution < 1.29 is 0 Å². The summed E-state index contributed by atoms with van der Waals surface area (Å²) in [4.78, 5) is 0. The minimum absolute atomic E-state index is 0.476. The van der Waals surface area contributed by atoms with Crippen molar-refractivity contribution in [2.45, 2.75) is 45.8 Å². The molecule has 0 aliphatic carbocycles. The van der Waals surface area contributed by atoms with Gasteiger partial charge in [-0.2, -0.15) is 0 Å². The summed E-state index contributed by atoms with van der Waals surface area (Å²) < 4.78 is 2.07. The first-order valence-corrected chi connectivity index (χ1v) is 6.97. The second-order valence-corrected chi connectivity index (χ2v) is 4.71. The van der Waals surface area contributed by atoms with E-state index in [1.165, 1.54) is 5.56 Å². The molecule has 102 valence electrons. The van der Waals surface area contributed by atoms with Gasteiger partial charge in [0, 0.05) is 12.6 Å². The molecule has 0 radical (unpaired) electrons. The molecule has 19 heavy (non-hydrogen) atoms. The summed E-state index contributed by atoms with van der Waals surface area (Å²) in [6.07, 6.45) is 3.95. The summed E-state index contributed by atoms with van der Waals surface area (Å²) in [5.41, 5.74) is 1.37. The predicted octanol–water partition coefficient (Wildman–Crippen LogP) is 2.41. The third-order valence-corrected chi connectivity index (χ3v) is 3.40. The van der Waals surface area contributed by atoms with Gasteiger partial charge < -0.3 is 9.88 Å². The fourth-order valence-electron chi connectivity index (χ4n) is 2.18. The SMILES string of the molecule is CCC(Cc1ccccc1)NCc1nncn1CC. The van der Waals surface area contributed by atoms with Gasteiger partial charge in [0.05, 0.1) is 6.54 Å². The Morgan fingerprint density at radius 2 is 2.00 bits per heavy atom. The van der Waals surface area contributed by atoms with Crippen LogP contribution in [0.4, 0.5) is 0 Å². The molecule has 0 spiro atoms. The van der Waals surface area contributed by atoms with Crippen molar-refractivity contribution in [1.29, 1.82) is 0 Å². The number of nitrogens with one attached hydrogen (secondary N) is 1. The Kier molecular flexibility index (Phi) is 5.10. The van der Waals surface area contributed by atoms with E-state index in [0.29, 0.717) is 6.04 Å². The zero-order valence-corrected chi connectivity index (χ0v) is 11.7. The Balaban J connectivity index is 1.89. The summed E-state index contributed by atoms with van der Waals surface area (Å²) in [5, 5.41) is 11.7. The van der Waals surface area contributed by atoms with Gasteiger partial charge in [-0.25, -0.2) is 0 Å². The van der Waals surface area contributed by atoms with Gasteiger partial charge in [0.25, 0.3) is 0 Å². The van der Waals surface area contributed by atoms with Gasteiger partial charge in [0.1, 0.15) is 12.2 Å². The van der Waals surface area contributed by atoms with Crippen LogP contribution in [0.3, 0.4) is 0 Å². The van der Waals surface area contributed by atoms with E-state index in [4.69, 9.17) is 0 Å². The Hall–Kier alpha value is -1.68. The number of aryl methyl sites for hydroxylation is 1. The molecule has 1 N–H and O–H groups in total. The fraction of sp³-hybridized carbons (Fsp3) is 0.467. The molecule has 1 aromatic heterocycles. The van der Waals surface area contributed by atoms with E-state index in [1.807, 2.05) is 0 Å². The molecule has 0 aliphatic heterocycles. The van der Waals surface area contributed by atoms with Crippen LogP contribution in [0.25, 0.3) is 0 Å². The summed E-state index contributed by atoms with van der Waals surface area (Å²) >= 11 is 0. The normalized spacial score (nSPS) is 12.5. The molecule has 0 saturated carbocycles. The molecule has 0 amide bonds. The molecular formula is C15H22N4. The van der Waals surface area contributed by atoms with Crippen LogP contribution in [0.5, 0.6) is 0 Å². The van der Waals surface area contributed by atoms with Crippen LogP contribution in [-0.4, -0.2) is 20.8 Å². The van der Waals surface area contributed by atoms with Gasteiger partial charge in [-0.1, -0.05) is 37.3 Å². The lowest BCUT2D eigenvalue weighted by atomic mass is 10.0. The number of hydrogen-bond acceptors (Lipinski definition) is 3. The van der Waals surface area contributed by atoms with E-state index in [0.717, 1.165) is 31.8 Å². The van der Waals surface area contributed by atoms with Crippen LogP contribution in [0.1, 0.15) is 31.7 Å². The van der Waals surface area contributed by atoms with Gasteiger partial charge in [-0.05, 0) is 25.3 Å². The van der Waals surface area contributed by atoms with Gasteiger partial charge in [-0.15, -0.1) is 10.2 Å². The van der Waals surface area contributed by atoms with E-state index in [9.17, 15) is 0 Å². The first kappa shape index (κ1) is 13.7. The Labute approximate surface area is 114 Å². The molecule has 1 aromatic carbocycles. The molecule has 0 bridgehead atoms. The van der Waals surface area contributed by atoms with Crippen molar-refractivity contribution in [3.05, 3.63) is 48.0 Å². The molecule has 1 unspecified atom stereocenters. The maximum Gasteiger partial charge on any atom is 0.146 e. The topological polar surface area (TPSA) is 42.7 Å². The molecule has 0 fully saturated rings. The number of hydrogen-bond donors (Lipinski definition) is 1. The van der Waals surface area contributed by atoms with Crippen molar-refractivity contribution in [1.82, 2.24) is 20.1 Å². The van der Waals surface area contributed by atoms with Crippen molar-refractivity contribution in [3.8, 4) is 0 Å². The zero-order valence-electron chi connectivity index (χ0n) is 11.7. The van der Waals surface area contributed by atoms with Gasteiger partial charge in [0.15, 0.2) is 0 Å². The molecule has 2 aromatic rings.